The Bertz CT molecular complexity index is 917. The molecule has 3 heteroatoms. The highest BCUT2D eigenvalue weighted by Crippen LogP contribution is 2.66. The average Bonchev–Trinajstić information content (AvgIpc) is 3.07. The molecule has 1 aromatic rings. The van der Waals surface area contributed by atoms with Crippen LogP contribution in [0.5, 0.6) is 0 Å². The molecule has 3 saturated carbocycles. The summed E-state index contributed by atoms with van der Waals surface area (Å²) in [6, 6.07) is 8.09. The zero-order valence-corrected chi connectivity index (χ0v) is 18.7. The van der Waals surface area contributed by atoms with Crippen LogP contribution in [0, 0.1) is 41.4 Å². The fourth-order valence-corrected chi connectivity index (χ4v) is 7.92. The maximum Gasteiger partial charge on any atom is 0.228 e. The number of para-hydroxylation sites is 1. The van der Waals surface area contributed by atoms with E-state index in [1.807, 2.05) is 24.3 Å². The minimum absolute atomic E-state index is 0.107. The van der Waals surface area contributed by atoms with Crippen LogP contribution in [0.25, 0.3) is 0 Å². The number of aryl methyl sites for hydroxylation is 1. The molecule has 4 aliphatic rings. The molecule has 1 N–H and O–H groups in total. The molecule has 30 heavy (non-hydrogen) atoms. The van der Waals surface area contributed by atoms with Gasteiger partial charge in [-0.1, -0.05) is 37.6 Å². The van der Waals surface area contributed by atoms with E-state index in [-0.39, 0.29) is 22.7 Å². The van der Waals surface area contributed by atoms with Crippen molar-refractivity contribution in [3.8, 4) is 0 Å². The maximum atomic E-state index is 13.4. The van der Waals surface area contributed by atoms with Crippen molar-refractivity contribution in [2.45, 2.75) is 72.1 Å². The van der Waals surface area contributed by atoms with Crippen molar-refractivity contribution >= 4 is 17.4 Å². The Morgan fingerprint density at radius 3 is 2.60 bits per heavy atom. The molecule has 4 aliphatic carbocycles. The van der Waals surface area contributed by atoms with Gasteiger partial charge in [-0.05, 0) is 98.2 Å². The van der Waals surface area contributed by atoms with E-state index in [1.165, 1.54) is 24.8 Å². The van der Waals surface area contributed by atoms with E-state index in [0.717, 1.165) is 36.9 Å². The Labute approximate surface area is 180 Å². The lowest BCUT2D eigenvalue weighted by Gasteiger charge is -2.58. The Kier molecular flexibility index (Phi) is 4.72. The van der Waals surface area contributed by atoms with Crippen LogP contribution < -0.4 is 5.32 Å². The number of allylic oxidation sites excluding steroid dienone is 1. The smallest absolute Gasteiger partial charge is 0.228 e. The van der Waals surface area contributed by atoms with Gasteiger partial charge >= 0.3 is 0 Å². The zero-order valence-electron chi connectivity index (χ0n) is 18.7. The van der Waals surface area contributed by atoms with Crippen molar-refractivity contribution in [2.24, 2.45) is 34.5 Å². The summed E-state index contributed by atoms with van der Waals surface area (Å²) in [6.45, 7) is 6.89. The third-order valence-corrected chi connectivity index (χ3v) is 9.68. The first-order chi connectivity index (χ1) is 14.3. The lowest BCUT2D eigenvalue weighted by atomic mass is 9.47. The first-order valence-electron chi connectivity index (χ1n) is 11.9. The summed E-state index contributed by atoms with van der Waals surface area (Å²) >= 11 is 0. The van der Waals surface area contributed by atoms with Crippen molar-refractivity contribution in [1.82, 2.24) is 0 Å². The first-order valence-corrected chi connectivity index (χ1v) is 11.9. The number of carbonyl (C=O) groups excluding carboxylic acids is 2. The maximum absolute atomic E-state index is 13.4. The fourth-order valence-electron chi connectivity index (χ4n) is 7.92. The molecule has 5 rings (SSSR count). The molecule has 3 nitrogen and oxygen atoms in total. The normalized spacial score (nSPS) is 40.1. The Morgan fingerprint density at radius 1 is 1.00 bits per heavy atom. The summed E-state index contributed by atoms with van der Waals surface area (Å²) in [4.78, 5) is 25.4. The van der Waals surface area contributed by atoms with Crippen LogP contribution in [0.2, 0.25) is 0 Å². The summed E-state index contributed by atoms with van der Waals surface area (Å²) in [7, 11) is 0. The molecule has 6 atom stereocenters. The van der Waals surface area contributed by atoms with E-state index in [4.69, 9.17) is 0 Å². The molecule has 0 heterocycles. The van der Waals surface area contributed by atoms with E-state index in [1.54, 1.807) is 0 Å². The van der Waals surface area contributed by atoms with Gasteiger partial charge in [-0.2, -0.15) is 0 Å². The average molecular weight is 406 g/mol. The van der Waals surface area contributed by atoms with Gasteiger partial charge in [-0.25, -0.2) is 0 Å². The molecule has 0 bridgehead atoms. The third-order valence-electron chi connectivity index (χ3n) is 9.68. The number of anilines is 1. The molecule has 0 aliphatic heterocycles. The van der Waals surface area contributed by atoms with Gasteiger partial charge in [-0.3, -0.25) is 9.59 Å². The lowest BCUT2D eigenvalue weighted by molar-refractivity contribution is -0.127. The molecule has 3 fully saturated rings. The molecular weight excluding hydrogens is 370 g/mol. The second-order valence-corrected chi connectivity index (χ2v) is 10.9. The number of hydrogen-bond donors (Lipinski definition) is 1. The number of nitrogens with one attached hydrogen (secondary N) is 1. The Hall–Kier alpha value is -1.90. The van der Waals surface area contributed by atoms with Crippen molar-refractivity contribution in [3.05, 3.63) is 41.5 Å². The van der Waals surface area contributed by atoms with Gasteiger partial charge in [0.05, 0.1) is 0 Å². The minimum Gasteiger partial charge on any atom is -0.326 e. The van der Waals surface area contributed by atoms with E-state index in [9.17, 15) is 9.59 Å². The second-order valence-electron chi connectivity index (χ2n) is 10.9. The van der Waals surface area contributed by atoms with Crippen LogP contribution in [0.15, 0.2) is 35.9 Å². The molecule has 0 spiro atoms. The van der Waals surface area contributed by atoms with E-state index >= 15 is 0 Å². The number of ketones is 1. The van der Waals surface area contributed by atoms with Crippen LogP contribution >= 0.6 is 0 Å². The highest BCUT2D eigenvalue weighted by Gasteiger charge is 2.60. The van der Waals surface area contributed by atoms with E-state index in [2.05, 4.69) is 32.2 Å². The molecule has 160 valence electrons. The van der Waals surface area contributed by atoms with E-state index < -0.39 is 0 Å². The van der Waals surface area contributed by atoms with E-state index in [0.29, 0.717) is 30.0 Å². The number of benzene rings is 1. The van der Waals surface area contributed by atoms with Crippen molar-refractivity contribution in [3.63, 3.8) is 0 Å². The summed E-state index contributed by atoms with van der Waals surface area (Å²) in [5.41, 5.74) is 3.82. The number of hydrogen-bond acceptors (Lipinski definition) is 2. The van der Waals surface area contributed by atoms with Crippen LogP contribution in [-0.2, 0) is 9.59 Å². The summed E-state index contributed by atoms with van der Waals surface area (Å²) in [6.07, 6.45) is 10.5. The van der Waals surface area contributed by atoms with Crippen molar-refractivity contribution in [2.75, 3.05) is 5.32 Å². The van der Waals surface area contributed by atoms with Gasteiger partial charge in [0.25, 0.3) is 0 Å². The molecule has 0 radical (unpaired) electrons. The van der Waals surface area contributed by atoms with Gasteiger partial charge in [0.2, 0.25) is 5.91 Å². The summed E-state index contributed by atoms with van der Waals surface area (Å²) in [5, 5.41) is 3.25. The van der Waals surface area contributed by atoms with Crippen LogP contribution in [0.1, 0.15) is 70.8 Å². The topological polar surface area (TPSA) is 46.2 Å². The summed E-state index contributed by atoms with van der Waals surface area (Å²) in [5.74, 6) is 2.69. The number of amides is 1. The highest BCUT2D eigenvalue weighted by atomic mass is 16.2. The number of rotatable bonds is 2. The first kappa shape index (κ1) is 20.0. The molecule has 0 saturated heterocycles. The number of fused-ring (bicyclic) bond motifs is 5. The van der Waals surface area contributed by atoms with Crippen molar-refractivity contribution in [1.29, 1.82) is 0 Å². The minimum atomic E-state index is 0.107. The number of carbonyl (C=O) groups is 2. The molecule has 3 unspecified atom stereocenters. The van der Waals surface area contributed by atoms with Crippen molar-refractivity contribution < 1.29 is 9.59 Å². The van der Waals surface area contributed by atoms with Gasteiger partial charge < -0.3 is 5.32 Å². The lowest BCUT2D eigenvalue weighted by Crippen LogP contribution is -2.51. The second kappa shape index (κ2) is 7.07. The monoisotopic (exact) mass is 405 g/mol. The third kappa shape index (κ3) is 2.92. The van der Waals surface area contributed by atoms with Crippen LogP contribution in [0.4, 0.5) is 5.69 Å². The molecular formula is C27H35NO2. The zero-order chi connectivity index (χ0) is 21.1. The quantitative estimate of drug-likeness (QED) is 0.648. The molecule has 1 aromatic carbocycles. The van der Waals surface area contributed by atoms with Crippen LogP contribution in [-0.4, -0.2) is 11.7 Å². The van der Waals surface area contributed by atoms with Gasteiger partial charge in [-0.15, -0.1) is 0 Å². The van der Waals surface area contributed by atoms with Gasteiger partial charge in [0.15, 0.2) is 5.78 Å². The fraction of sp³-hybridized carbons (Fsp3) is 0.630. The summed E-state index contributed by atoms with van der Waals surface area (Å²) < 4.78 is 0. The largest absolute Gasteiger partial charge is 0.326 e. The molecule has 0 aromatic heterocycles. The molecule has 1 amide bonds. The Balaban J connectivity index is 1.38. The van der Waals surface area contributed by atoms with Gasteiger partial charge in [0.1, 0.15) is 0 Å². The SMILES string of the molecule is Cc1ccccc1NC(=O)[C@H]1CCC2C3CCC4=CC(=O)CC[C@]4(C)C3CC[C@@]21C. The predicted octanol–water partition coefficient (Wildman–Crippen LogP) is 6.08. The van der Waals surface area contributed by atoms with Gasteiger partial charge in [0, 0.05) is 18.0 Å². The Morgan fingerprint density at radius 2 is 1.80 bits per heavy atom. The predicted molar refractivity (Wildman–Crippen MR) is 120 cm³/mol. The highest BCUT2D eigenvalue weighted by molar-refractivity contribution is 5.94. The van der Waals surface area contributed by atoms with Crippen LogP contribution in [0.3, 0.4) is 0 Å². The standard InChI is InChI=1S/C27H35NO2/c1-17-6-4-5-7-24(17)28-25(30)23-11-10-21-20-9-8-18-16-19(29)12-14-26(18,2)22(20)13-15-27(21,23)3/h4-7,16,20-23H,8-15H2,1-3H3,(H,28,30)/t20?,21?,22?,23-,26+,27+/m1/s1.